The van der Waals surface area contributed by atoms with Crippen LogP contribution in [0, 0.1) is 6.92 Å². The predicted octanol–water partition coefficient (Wildman–Crippen LogP) is 2.51. The van der Waals surface area contributed by atoms with Crippen LogP contribution in [0.3, 0.4) is 0 Å². The number of benzene rings is 1. The van der Waals surface area contributed by atoms with Crippen molar-refractivity contribution < 1.29 is 14.6 Å². The summed E-state index contributed by atoms with van der Waals surface area (Å²) in [5.41, 5.74) is 1.24. The summed E-state index contributed by atoms with van der Waals surface area (Å²) >= 11 is 0. The second kappa shape index (κ2) is 3.81. The van der Waals surface area contributed by atoms with Gasteiger partial charge >= 0.3 is 5.97 Å². The van der Waals surface area contributed by atoms with Gasteiger partial charge in [0.1, 0.15) is 5.75 Å². The van der Waals surface area contributed by atoms with E-state index in [2.05, 4.69) is 0 Å². The normalized spacial score (nSPS) is 16.9. The number of hydrogen-bond acceptors (Lipinski definition) is 2. The van der Waals surface area contributed by atoms with Gasteiger partial charge in [-0.3, -0.25) is 4.79 Å². The van der Waals surface area contributed by atoms with Crippen molar-refractivity contribution in [3.05, 3.63) is 29.3 Å². The van der Waals surface area contributed by atoms with E-state index >= 15 is 0 Å². The Labute approximate surface area is 95.0 Å². The molecule has 16 heavy (non-hydrogen) atoms. The average Bonchev–Trinajstić information content (AvgIpc) is 2.99. The summed E-state index contributed by atoms with van der Waals surface area (Å²) in [4.78, 5) is 11.3. The third-order valence-corrected chi connectivity index (χ3v) is 3.11. The van der Waals surface area contributed by atoms with E-state index in [0.717, 1.165) is 16.9 Å². The zero-order valence-electron chi connectivity index (χ0n) is 9.62. The van der Waals surface area contributed by atoms with E-state index in [1.165, 1.54) is 0 Å². The SMILES string of the molecule is CCOc1cc(C)ccc1C1(C(=O)O)CC1. The Balaban J connectivity index is 2.44. The molecule has 2 rings (SSSR count). The molecular formula is C13H16O3. The molecule has 0 atom stereocenters. The van der Waals surface area contributed by atoms with Crippen LogP contribution in [0.25, 0.3) is 0 Å². The van der Waals surface area contributed by atoms with Crippen molar-refractivity contribution in [3.63, 3.8) is 0 Å². The molecule has 0 spiro atoms. The van der Waals surface area contributed by atoms with Crippen LogP contribution in [0.1, 0.15) is 30.9 Å². The van der Waals surface area contributed by atoms with Gasteiger partial charge in [-0.1, -0.05) is 12.1 Å². The zero-order chi connectivity index (χ0) is 11.8. The molecule has 0 saturated heterocycles. The minimum absolute atomic E-state index is 0.562. The first-order valence-electron chi connectivity index (χ1n) is 5.57. The Kier molecular flexibility index (Phi) is 2.62. The average molecular weight is 220 g/mol. The van der Waals surface area contributed by atoms with Gasteiger partial charge in [0.25, 0.3) is 0 Å². The summed E-state index contributed by atoms with van der Waals surface area (Å²) in [6.45, 7) is 4.45. The molecule has 1 aromatic carbocycles. The number of carboxylic acid groups (broad SMARTS) is 1. The van der Waals surface area contributed by atoms with Crippen LogP contribution in [-0.4, -0.2) is 17.7 Å². The molecule has 0 bridgehead atoms. The maximum absolute atomic E-state index is 11.3. The smallest absolute Gasteiger partial charge is 0.314 e. The van der Waals surface area contributed by atoms with E-state index in [0.29, 0.717) is 19.4 Å². The van der Waals surface area contributed by atoms with Crippen molar-refractivity contribution in [2.75, 3.05) is 6.61 Å². The van der Waals surface area contributed by atoms with E-state index in [-0.39, 0.29) is 0 Å². The predicted molar refractivity (Wildman–Crippen MR) is 60.9 cm³/mol. The molecule has 1 aliphatic carbocycles. The van der Waals surface area contributed by atoms with E-state index in [1.54, 1.807) is 0 Å². The Bertz CT molecular complexity index is 419. The quantitative estimate of drug-likeness (QED) is 0.848. The van der Waals surface area contributed by atoms with Gasteiger partial charge in [0.15, 0.2) is 0 Å². The highest BCUT2D eigenvalue weighted by molar-refractivity contribution is 5.86. The lowest BCUT2D eigenvalue weighted by atomic mass is 9.94. The van der Waals surface area contributed by atoms with Crippen LogP contribution < -0.4 is 4.74 Å². The van der Waals surface area contributed by atoms with Gasteiger partial charge in [-0.25, -0.2) is 0 Å². The van der Waals surface area contributed by atoms with Crippen LogP contribution in [0.2, 0.25) is 0 Å². The Hall–Kier alpha value is -1.51. The fraction of sp³-hybridized carbons (Fsp3) is 0.462. The number of ether oxygens (including phenoxy) is 1. The van der Waals surface area contributed by atoms with Crippen LogP contribution >= 0.6 is 0 Å². The van der Waals surface area contributed by atoms with Gasteiger partial charge in [-0.05, 0) is 38.3 Å². The molecule has 1 N–H and O–H groups in total. The fourth-order valence-corrected chi connectivity index (χ4v) is 2.02. The molecule has 0 aliphatic heterocycles. The number of aryl methyl sites for hydroxylation is 1. The molecule has 1 aliphatic rings. The maximum Gasteiger partial charge on any atom is 0.314 e. The van der Waals surface area contributed by atoms with Gasteiger partial charge < -0.3 is 9.84 Å². The van der Waals surface area contributed by atoms with Crippen molar-refractivity contribution >= 4 is 5.97 Å². The first-order valence-corrected chi connectivity index (χ1v) is 5.57. The van der Waals surface area contributed by atoms with Crippen LogP contribution in [-0.2, 0) is 10.2 Å². The third kappa shape index (κ3) is 1.66. The molecule has 0 amide bonds. The van der Waals surface area contributed by atoms with Crippen LogP contribution in [0.4, 0.5) is 0 Å². The van der Waals surface area contributed by atoms with Crippen molar-refractivity contribution in [3.8, 4) is 5.75 Å². The lowest BCUT2D eigenvalue weighted by Gasteiger charge is -2.16. The minimum Gasteiger partial charge on any atom is -0.494 e. The molecule has 0 heterocycles. The lowest BCUT2D eigenvalue weighted by molar-refractivity contribution is -0.140. The molecule has 0 radical (unpaired) electrons. The Morgan fingerprint density at radius 1 is 1.50 bits per heavy atom. The molecular weight excluding hydrogens is 204 g/mol. The number of hydrogen-bond donors (Lipinski definition) is 1. The first-order chi connectivity index (χ1) is 7.60. The Morgan fingerprint density at radius 3 is 2.69 bits per heavy atom. The third-order valence-electron chi connectivity index (χ3n) is 3.11. The summed E-state index contributed by atoms with van der Waals surface area (Å²) < 4.78 is 5.53. The summed E-state index contributed by atoms with van der Waals surface area (Å²) in [6, 6.07) is 5.75. The molecule has 0 unspecified atom stereocenters. The summed E-state index contributed by atoms with van der Waals surface area (Å²) in [5, 5.41) is 9.26. The van der Waals surface area contributed by atoms with Gasteiger partial charge in [-0.15, -0.1) is 0 Å². The number of aliphatic carboxylic acids is 1. The highest BCUT2D eigenvalue weighted by Gasteiger charge is 2.53. The van der Waals surface area contributed by atoms with Gasteiger partial charge in [0.05, 0.1) is 12.0 Å². The first kappa shape index (κ1) is 11.0. The van der Waals surface area contributed by atoms with E-state index in [4.69, 9.17) is 4.74 Å². The number of rotatable bonds is 4. The van der Waals surface area contributed by atoms with Gasteiger partial charge in [0.2, 0.25) is 0 Å². The second-order valence-corrected chi connectivity index (χ2v) is 4.32. The summed E-state index contributed by atoms with van der Waals surface area (Å²) in [6.07, 6.45) is 1.43. The van der Waals surface area contributed by atoms with Gasteiger partial charge in [0, 0.05) is 5.56 Å². The second-order valence-electron chi connectivity index (χ2n) is 4.32. The molecule has 0 aromatic heterocycles. The van der Waals surface area contributed by atoms with Crippen LogP contribution in [0.15, 0.2) is 18.2 Å². The topological polar surface area (TPSA) is 46.5 Å². The highest BCUT2D eigenvalue weighted by atomic mass is 16.5. The van der Waals surface area contributed by atoms with Crippen molar-refractivity contribution in [2.24, 2.45) is 0 Å². The zero-order valence-corrected chi connectivity index (χ0v) is 9.62. The molecule has 1 aromatic rings. The molecule has 86 valence electrons. The molecule has 3 heteroatoms. The van der Waals surface area contributed by atoms with Crippen molar-refractivity contribution in [1.29, 1.82) is 0 Å². The van der Waals surface area contributed by atoms with Crippen molar-refractivity contribution in [2.45, 2.75) is 32.1 Å². The summed E-state index contributed by atoms with van der Waals surface area (Å²) in [7, 11) is 0. The van der Waals surface area contributed by atoms with Crippen molar-refractivity contribution in [1.82, 2.24) is 0 Å². The summed E-state index contributed by atoms with van der Waals surface area (Å²) in [5.74, 6) is -0.0142. The fourth-order valence-electron chi connectivity index (χ4n) is 2.02. The van der Waals surface area contributed by atoms with E-state index < -0.39 is 11.4 Å². The monoisotopic (exact) mass is 220 g/mol. The van der Waals surface area contributed by atoms with E-state index in [1.807, 2.05) is 32.0 Å². The Morgan fingerprint density at radius 2 is 2.19 bits per heavy atom. The van der Waals surface area contributed by atoms with Gasteiger partial charge in [-0.2, -0.15) is 0 Å². The highest BCUT2D eigenvalue weighted by Crippen LogP contribution is 2.51. The number of carbonyl (C=O) groups is 1. The minimum atomic E-state index is -0.739. The molecule has 1 saturated carbocycles. The molecule has 3 nitrogen and oxygen atoms in total. The standard InChI is InChI=1S/C13H16O3/c1-3-16-11-8-9(2)4-5-10(11)13(6-7-13)12(14)15/h4-5,8H,3,6-7H2,1-2H3,(H,14,15). The van der Waals surface area contributed by atoms with Crippen LogP contribution in [0.5, 0.6) is 5.75 Å². The van der Waals surface area contributed by atoms with E-state index in [9.17, 15) is 9.90 Å². The maximum atomic E-state index is 11.3. The largest absolute Gasteiger partial charge is 0.494 e. The number of carboxylic acids is 1. The molecule has 1 fully saturated rings. The lowest BCUT2D eigenvalue weighted by Crippen LogP contribution is -2.20.